The van der Waals surface area contributed by atoms with Crippen molar-refractivity contribution in [2.45, 2.75) is 33.4 Å². The topological polar surface area (TPSA) is 36.4 Å². The Kier molecular flexibility index (Phi) is 6.01. The molecule has 0 spiro atoms. The molecule has 7 heteroatoms. The molecular weight excluding hydrogens is 332 g/mol. The van der Waals surface area contributed by atoms with Crippen LogP contribution in [0.15, 0.2) is 23.6 Å². The molecule has 0 N–H and O–H groups in total. The van der Waals surface area contributed by atoms with Gasteiger partial charge in [0.2, 0.25) is 5.91 Å². The minimum Gasteiger partial charge on any atom is -0.294 e. The van der Waals surface area contributed by atoms with Gasteiger partial charge in [0.05, 0.1) is 5.69 Å². The number of halogens is 2. The average molecular weight is 353 g/mol. The van der Waals surface area contributed by atoms with E-state index in [2.05, 4.69) is 4.98 Å². The number of rotatable bonds is 6. The second-order valence-corrected chi connectivity index (χ2v) is 6.48. The van der Waals surface area contributed by atoms with Gasteiger partial charge in [-0.25, -0.2) is 13.8 Å². The minimum absolute atomic E-state index is 0.0537. The number of hydrogen-bond acceptors (Lipinski definition) is 4. The third kappa shape index (κ3) is 4.15. The van der Waals surface area contributed by atoms with E-state index in [0.717, 1.165) is 17.8 Å². The highest BCUT2D eigenvalue weighted by Crippen LogP contribution is 2.26. The maximum atomic E-state index is 13.9. The van der Waals surface area contributed by atoms with Gasteiger partial charge in [-0.2, -0.15) is 0 Å². The maximum absolute atomic E-state index is 13.9. The standard InChI is InChI=1S/C17H21F2N3OS/c1-5-22(12(3)23)17-20-14(10-24-17)9-21(4)11(2)15-8-13(18)6-7-16(15)19/h6-8,10-11H,5,9H2,1-4H3/t11-/m0/s1. The van der Waals surface area contributed by atoms with Crippen LogP contribution < -0.4 is 4.90 Å². The predicted octanol–water partition coefficient (Wildman–Crippen LogP) is 3.99. The van der Waals surface area contributed by atoms with E-state index < -0.39 is 11.6 Å². The van der Waals surface area contributed by atoms with Gasteiger partial charge in [-0.3, -0.25) is 14.6 Å². The van der Waals surface area contributed by atoms with E-state index in [1.54, 1.807) is 4.90 Å². The van der Waals surface area contributed by atoms with E-state index in [0.29, 0.717) is 23.8 Å². The molecule has 4 nitrogen and oxygen atoms in total. The van der Waals surface area contributed by atoms with Crippen LogP contribution in [0.2, 0.25) is 0 Å². The van der Waals surface area contributed by atoms with Gasteiger partial charge in [0, 0.05) is 37.0 Å². The van der Waals surface area contributed by atoms with Gasteiger partial charge < -0.3 is 0 Å². The molecule has 1 amide bonds. The van der Waals surface area contributed by atoms with E-state index in [9.17, 15) is 13.6 Å². The summed E-state index contributed by atoms with van der Waals surface area (Å²) in [6, 6.07) is 3.17. The van der Waals surface area contributed by atoms with E-state index >= 15 is 0 Å². The van der Waals surface area contributed by atoms with Gasteiger partial charge in [0.15, 0.2) is 5.13 Å². The van der Waals surface area contributed by atoms with Crippen LogP contribution in [-0.2, 0) is 11.3 Å². The summed E-state index contributed by atoms with van der Waals surface area (Å²) in [6.07, 6.45) is 0. The van der Waals surface area contributed by atoms with Gasteiger partial charge in [-0.05, 0) is 39.1 Å². The van der Waals surface area contributed by atoms with Crippen LogP contribution in [0.4, 0.5) is 13.9 Å². The molecule has 0 aliphatic carbocycles. The summed E-state index contributed by atoms with van der Waals surface area (Å²) in [5.74, 6) is -0.937. The Morgan fingerprint density at radius 2 is 2.08 bits per heavy atom. The molecule has 0 bridgehead atoms. The molecule has 0 aliphatic heterocycles. The number of amides is 1. The van der Waals surface area contributed by atoms with Crippen molar-refractivity contribution in [1.82, 2.24) is 9.88 Å². The Morgan fingerprint density at radius 3 is 2.71 bits per heavy atom. The summed E-state index contributed by atoms with van der Waals surface area (Å²) in [4.78, 5) is 19.5. The molecule has 2 aromatic rings. The largest absolute Gasteiger partial charge is 0.294 e. The smallest absolute Gasteiger partial charge is 0.225 e. The second-order valence-electron chi connectivity index (χ2n) is 5.64. The Labute approximate surface area is 144 Å². The highest BCUT2D eigenvalue weighted by atomic mass is 32.1. The first-order valence-electron chi connectivity index (χ1n) is 7.71. The van der Waals surface area contributed by atoms with Crippen molar-refractivity contribution >= 4 is 22.4 Å². The number of hydrogen-bond donors (Lipinski definition) is 0. The zero-order valence-electron chi connectivity index (χ0n) is 14.2. The number of benzene rings is 1. The molecule has 1 aromatic heterocycles. The van der Waals surface area contributed by atoms with Crippen LogP contribution in [0, 0.1) is 11.6 Å². The van der Waals surface area contributed by atoms with Crippen LogP contribution in [0.25, 0.3) is 0 Å². The Morgan fingerprint density at radius 1 is 1.38 bits per heavy atom. The lowest BCUT2D eigenvalue weighted by Crippen LogP contribution is -2.28. The van der Waals surface area contributed by atoms with Gasteiger partial charge in [-0.15, -0.1) is 11.3 Å². The Hall–Kier alpha value is -1.86. The summed E-state index contributed by atoms with van der Waals surface area (Å²) in [5, 5.41) is 2.53. The van der Waals surface area contributed by atoms with Gasteiger partial charge in [0.1, 0.15) is 11.6 Å². The molecule has 0 fully saturated rings. The lowest BCUT2D eigenvalue weighted by molar-refractivity contribution is -0.116. The van der Waals surface area contributed by atoms with Crippen LogP contribution in [0.1, 0.15) is 38.1 Å². The zero-order valence-corrected chi connectivity index (χ0v) is 15.0. The van der Waals surface area contributed by atoms with E-state index in [1.807, 2.05) is 31.2 Å². The fourth-order valence-corrected chi connectivity index (χ4v) is 3.37. The Bertz CT molecular complexity index is 720. The number of carbonyl (C=O) groups is 1. The first-order valence-corrected chi connectivity index (χ1v) is 8.59. The zero-order chi connectivity index (χ0) is 17.9. The van der Waals surface area contributed by atoms with Crippen LogP contribution in [0.5, 0.6) is 0 Å². The van der Waals surface area contributed by atoms with Gasteiger partial charge in [-0.1, -0.05) is 0 Å². The molecule has 130 valence electrons. The molecule has 1 atom stereocenters. The molecular formula is C17H21F2N3OS. The first kappa shape index (κ1) is 18.5. The van der Waals surface area contributed by atoms with Crippen LogP contribution in [0.3, 0.4) is 0 Å². The van der Waals surface area contributed by atoms with Crippen LogP contribution in [-0.4, -0.2) is 29.4 Å². The van der Waals surface area contributed by atoms with Crippen molar-refractivity contribution in [3.63, 3.8) is 0 Å². The first-order chi connectivity index (χ1) is 11.3. The highest BCUT2D eigenvalue weighted by Gasteiger charge is 2.19. The fraction of sp³-hybridized carbons (Fsp3) is 0.412. The Balaban J connectivity index is 2.12. The van der Waals surface area contributed by atoms with Crippen molar-refractivity contribution in [3.8, 4) is 0 Å². The normalized spacial score (nSPS) is 12.5. The highest BCUT2D eigenvalue weighted by molar-refractivity contribution is 7.14. The summed E-state index contributed by atoms with van der Waals surface area (Å²) < 4.78 is 27.3. The van der Waals surface area contributed by atoms with Gasteiger partial charge in [0.25, 0.3) is 0 Å². The molecule has 2 rings (SSSR count). The maximum Gasteiger partial charge on any atom is 0.225 e. The number of aromatic nitrogens is 1. The number of thiazole rings is 1. The minimum atomic E-state index is -0.456. The van der Waals surface area contributed by atoms with Crippen molar-refractivity contribution < 1.29 is 13.6 Å². The number of nitrogens with zero attached hydrogens (tertiary/aromatic N) is 3. The van der Waals surface area contributed by atoms with E-state index in [-0.39, 0.29) is 11.9 Å². The summed E-state index contributed by atoms with van der Waals surface area (Å²) in [7, 11) is 1.83. The number of carbonyl (C=O) groups excluding carboxylic acids is 1. The molecule has 24 heavy (non-hydrogen) atoms. The third-order valence-electron chi connectivity index (χ3n) is 3.95. The fourth-order valence-electron chi connectivity index (χ4n) is 2.45. The lowest BCUT2D eigenvalue weighted by atomic mass is 10.1. The average Bonchev–Trinajstić information content (AvgIpc) is 2.97. The SMILES string of the molecule is CCN(C(C)=O)c1nc(CN(C)[C@@H](C)c2cc(F)ccc2F)cs1. The van der Waals surface area contributed by atoms with Crippen molar-refractivity contribution in [2.24, 2.45) is 0 Å². The molecule has 0 unspecified atom stereocenters. The van der Waals surface area contributed by atoms with Gasteiger partial charge >= 0.3 is 0 Å². The third-order valence-corrected chi connectivity index (χ3v) is 4.86. The summed E-state index contributed by atoms with van der Waals surface area (Å²) in [5.41, 5.74) is 1.10. The van der Waals surface area contributed by atoms with Crippen molar-refractivity contribution in [1.29, 1.82) is 0 Å². The van der Waals surface area contributed by atoms with E-state index in [1.165, 1.54) is 24.3 Å². The molecule has 1 aromatic carbocycles. The lowest BCUT2D eigenvalue weighted by Gasteiger charge is -2.24. The monoisotopic (exact) mass is 353 g/mol. The van der Waals surface area contributed by atoms with E-state index in [4.69, 9.17) is 0 Å². The summed E-state index contributed by atoms with van der Waals surface area (Å²) in [6.45, 7) is 6.25. The second kappa shape index (κ2) is 7.81. The molecule has 1 heterocycles. The van der Waals surface area contributed by atoms with Crippen molar-refractivity contribution in [3.05, 3.63) is 46.5 Å². The molecule has 0 saturated heterocycles. The van der Waals surface area contributed by atoms with Crippen LogP contribution >= 0.6 is 11.3 Å². The number of anilines is 1. The summed E-state index contributed by atoms with van der Waals surface area (Å²) >= 11 is 1.40. The quantitative estimate of drug-likeness (QED) is 0.788. The van der Waals surface area contributed by atoms with Crippen molar-refractivity contribution in [2.75, 3.05) is 18.5 Å². The molecule has 0 radical (unpaired) electrons. The predicted molar refractivity (Wildman–Crippen MR) is 92.1 cm³/mol. The molecule has 0 saturated carbocycles. The molecule has 0 aliphatic rings.